The first-order chi connectivity index (χ1) is 13.6. The van der Waals surface area contributed by atoms with Crippen molar-refractivity contribution in [2.24, 2.45) is 0 Å². The highest BCUT2D eigenvalue weighted by atomic mass is 16.5. The number of carbonyl (C=O) groups excluding carboxylic acids is 1. The molecular weight excluding hydrogens is 350 g/mol. The first-order valence-corrected chi connectivity index (χ1v) is 9.28. The van der Waals surface area contributed by atoms with Crippen molar-refractivity contribution in [3.63, 3.8) is 0 Å². The Kier molecular flexibility index (Phi) is 4.89. The number of benzene rings is 3. The van der Waals surface area contributed by atoms with Crippen molar-refractivity contribution in [1.29, 1.82) is 0 Å². The van der Waals surface area contributed by atoms with E-state index in [1.807, 2.05) is 62.4 Å². The predicted octanol–water partition coefficient (Wildman–Crippen LogP) is 5.08. The number of carbonyl (C=O) groups is 1. The van der Waals surface area contributed by atoms with Crippen LogP contribution in [-0.2, 0) is 11.2 Å². The van der Waals surface area contributed by atoms with Crippen molar-refractivity contribution in [2.75, 3.05) is 5.32 Å². The summed E-state index contributed by atoms with van der Waals surface area (Å²) in [5.41, 5.74) is 3.99. The van der Waals surface area contributed by atoms with Crippen LogP contribution in [0.15, 0.2) is 65.2 Å². The summed E-state index contributed by atoms with van der Waals surface area (Å²) in [5, 5.41) is 9.26. The van der Waals surface area contributed by atoms with Gasteiger partial charge in [-0.2, -0.15) is 4.98 Å². The summed E-state index contributed by atoms with van der Waals surface area (Å²) < 4.78 is 5.37. The average Bonchev–Trinajstić information content (AvgIpc) is 3.18. The van der Waals surface area contributed by atoms with Crippen LogP contribution in [0.3, 0.4) is 0 Å². The van der Waals surface area contributed by atoms with Crippen LogP contribution in [0, 0.1) is 13.8 Å². The molecule has 0 fully saturated rings. The standard InChI is InChI=1S/C23H21N3O2/c1-15-7-5-12-20(16(15)2)24-21(27)13-14-22-25-23(26-28-22)19-11-6-9-17-8-3-4-10-18(17)19/h3-12H,13-14H2,1-2H3,(H,24,27). The molecule has 140 valence electrons. The van der Waals surface area contributed by atoms with Gasteiger partial charge in [-0.25, -0.2) is 0 Å². The van der Waals surface area contributed by atoms with Crippen LogP contribution in [0.5, 0.6) is 0 Å². The fraction of sp³-hybridized carbons (Fsp3) is 0.174. The van der Waals surface area contributed by atoms with E-state index in [1.54, 1.807) is 0 Å². The SMILES string of the molecule is Cc1cccc(NC(=O)CCc2nc(-c3cccc4ccccc34)no2)c1C. The molecule has 1 amide bonds. The third-order valence-corrected chi connectivity index (χ3v) is 4.94. The Bertz CT molecular complexity index is 1140. The molecule has 0 aliphatic heterocycles. The summed E-state index contributed by atoms with van der Waals surface area (Å²) in [6.07, 6.45) is 0.680. The van der Waals surface area contributed by atoms with Gasteiger partial charge in [-0.15, -0.1) is 0 Å². The summed E-state index contributed by atoms with van der Waals surface area (Å²) >= 11 is 0. The Morgan fingerprint density at radius 3 is 2.68 bits per heavy atom. The van der Waals surface area contributed by atoms with Crippen molar-refractivity contribution in [2.45, 2.75) is 26.7 Å². The molecule has 1 heterocycles. The van der Waals surface area contributed by atoms with E-state index in [0.717, 1.165) is 33.2 Å². The topological polar surface area (TPSA) is 68.0 Å². The quantitative estimate of drug-likeness (QED) is 0.531. The normalized spacial score (nSPS) is 10.9. The van der Waals surface area contributed by atoms with Crippen molar-refractivity contribution in [3.05, 3.63) is 77.7 Å². The van der Waals surface area contributed by atoms with Crippen LogP contribution in [0.25, 0.3) is 22.2 Å². The maximum Gasteiger partial charge on any atom is 0.227 e. The Morgan fingerprint density at radius 2 is 1.79 bits per heavy atom. The summed E-state index contributed by atoms with van der Waals surface area (Å²) in [6, 6.07) is 20.0. The van der Waals surface area contributed by atoms with E-state index in [9.17, 15) is 4.79 Å². The second-order valence-corrected chi connectivity index (χ2v) is 6.83. The number of rotatable bonds is 5. The monoisotopic (exact) mass is 371 g/mol. The first-order valence-electron chi connectivity index (χ1n) is 9.28. The lowest BCUT2D eigenvalue weighted by Gasteiger charge is -2.09. The molecule has 5 nitrogen and oxygen atoms in total. The van der Waals surface area contributed by atoms with Crippen LogP contribution in [0.2, 0.25) is 0 Å². The molecule has 4 rings (SSSR count). The van der Waals surface area contributed by atoms with Gasteiger partial charge in [0.25, 0.3) is 0 Å². The zero-order chi connectivity index (χ0) is 19.5. The molecule has 0 spiro atoms. The zero-order valence-corrected chi connectivity index (χ0v) is 15.9. The smallest absolute Gasteiger partial charge is 0.227 e. The minimum absolute atomic E-state index is 0.0707. The van der Waals surface area contributed by atoms with Gasteiger partial charge in [0.15, 0.2) is 0 Å². The maximum absolute atomic E-state index is 12.3. The molecule has 0 bridgehead atoms. The molecule has 0 saturated heterocycles. The summed E-state index contributed by atoms with van der Waals surface area (Å²) in [4.78, 5) is 16.8. The van der Waals surface area contributed by atoms with Crippen molar-refractivity contribution in [1.82, 2.24) is 10.1 Å². The second-order valence-electron chi connectivity index (χ2n) is 6.83. The van der Waals surface area contributed by atoms with Gasteiger partial charge in [0.1, 0.15) is 0 Å². The van der Waals surface area contributed by atoms with Gasteiger partial charge in [0, 0.05) is 24.1 Å². The highest BCUT2D eigenvalue weighted by Gasteiger charge is 2.13. The van der Waals surface area contributed by atoms with Gasteiger partial charge in [0.2, 0.25) is 17.6 Å². The third kappa shape index (κ3) is 3.64. The molecule has 1 N–H and O–H groups in total. The zero-order valence-electron chi connectivity index (χ0n) is 15.9. The van der Waals surface area contributed by atoms with E-state index >= 15 is 0 Å². The van der Waals surface area contributed by atoms with Crippen LogP contribution in [-0.4, -0.2) is 16.0 Å². The van der Waals surface area contributed by atoms with E-state index in [1.165, 1.54) is 0 Å². The minimum atomic E-state index is -0.0707. The fourth-order valence-corrected chi connectivity index (χ4v) is 3.21. The molecule has 0 saturated carbocycles. The van der Waals surface area contributed by atoms with E-state index in [0.29, 0.717) is 18.1 Å². The summed E-state index contributed by atoms with van der Waals surface area (Å²) in [5.74, 6) is 0.930. The highest BCUT2D eigenvalue weighted by molar-refractivity contribution is 5.95. The molecule has 28 heavy (non-hydrogen) atoms. The van der Waals surface area contributed by atoms with Crippen molar-refractivity contribution >= 4 is 22.4 Å². The van der Waals surface area contributed by atoms with Gasteiger partial charge in [-0.3, -0.25) is 4.79 Å². The van der Waals surface area contributed by atoms with Crippen LogP contribution >= 0.6 is 0 Å². The lowest BCUT2D eigenvalue weighted by molar-refractivity contribution is -0.116. The molecule has 0 radical (unpaired) electrons. The summed E-state index contributed by atoms with van der Waals surface area (Å²) in [7, 11) is 0. The number of anilines is 1. The molecule has 0 aliphatic carbocycles. The lowest BCUT2D eigenvalue weighted by Crippen LogP contribution is -2.13. The number of aryl methyl sites for hydroxylation is 2. The Morgan fingerprint density at radius 1 is 1.00 bits per heavy atom. The summed E-state index contributed by atoms with van der Waals surface area (Å²) in [6.45, 7) is 4.03. The molecule has 0 unspecified atom stereocenters. The van der Waals surface area contributed by atoms with E-state index in [4.69, 9.17) is 4.52 Å². The fourth-order valence-electron chi connectivity index (χ4n) is 3.21. The number of amides is 1. The molecule has 0 atom stereocenters. The van der Waals surface area contributed by atoms with Crippen molar-refractivity contribution in [3.8, 4) is 11.4 Å². The Labute approximate surface area is 163 Å². The molecule has 1 aromatic heterocycles. The van der Waals surface area contributed by atoms with E-state index in [-0.39, 0.29) is 12.3 Å². The maximum atomic E-state index is 12.3. The van der Waals surface area contributed by atoms with Gasteiger partial charge in [0.05, 0.1) is 0 Å². The highest BCUT2D eigenvalue weighted by Crippen LogP contribution is 2.26. The average molecular weight is 371 g/mol. The molecular formula is C23H21N3O2. The Balaban J connectivity index is 1.45. The number of nitrogens with zero attached hydrogens (tertiary/aromatic N) is 2. The number of hydrogen-bond acceptors (Lipinski definition) is 4. The lowest BCUT2D eigenvalue weighted by atomic mass is 10.0. The van der Waals surface area contributed by atoms with Crippen LogP contribution in [0.4, 0.5) is 5.69 Å². The molecule has 3 aromatic carbocycles. The van der Waals surface area contributed by atoms with Gasteiger partial charge >= 0.3 is 0 Å². The molecule has 0 aliphatic rings. The van der Waals surface area contributed by atoms with Crippen molar-refractivity contribution < 1.29 is 9.32 Å². The second kappa shape index (κ2) is 7.64. The van der Waals surface area contributed by atoms with E-state index in [2.05, 4.69) is 27.6 Å². The largest absolute Gasteiger partial charge is 0.339 e. The molecule has 5 heteroatoms. The predicted molar refractivity (Wildman–Crippen MR) is 110 cm³/mol. The minimum Gasteiger partial charge on any atom is -0.339 e. The number of nitrogens with one attached hydrogen (secondary N) is 1. The number of aromatic nitrogens is 2. The van der Waals surface area contributed by atoms with Crippen LogP contribution in [0.1, 0.15) is 23.4 Å². The van der Waals surface area contributed by atoms with E-state index < -0.39 is 0 Å². The first kappa shape index (κ1) is 17.9. The number of fused-ring (bicyclic) bond motifs is 1. The van der Waals surface area contributed by atoms with Gasteiger partial charge in [-0.1, -0.05) is 59.8 Å². The Hall–Kier alpha value is -3.47. The van der Waals surface area contributed by atoms with Gasteiger partial charge in [-0.05, 0) is 41.8 Å². The third-order valence-electron chi connectivity index (χ3n) is 4.94. The number of hydrogen-bond donors (Lipinski definition) is 1. The van der Waals surface area contributed by atoms with Crippen LogP contribution < -0.4 is 5.32 Å². The molecule has 4 aromatic rings. The van der Waals surface area contributed by atoms with Gasteiger partial charge < -0.3 is 9.84 Å².